The normalized spacial score (nSPS) is 43.3. The zero-order valence-electron chi connectivity index (χ0n) is 14.8. The highest BCUT2D eigenvalue weighted by Gasteiger charge is 2.51. The summed E-state index contributed by atoms with van der Waals surface area (Å²) < 4.78 is 0. The quantitative estimate of drug-likeness (QED) is 0.743. The minimum Gasteiger partial charge on any atom is -0.354 e. The van der Waals surface area contributed by atoms with E-state index in [1.165, 1.54) is 38.5 Å². The molecule has 0 atom stereocenters. The smallest absolute Gasteiger partial charge is 0.315 e. The Hall–Kier alpha value is -1.26. The van der Waals surface area contributed by atoms with Gasteiger partial charge in [0.2, 0.25) is 5.91 Å². The van der Waals surface area contributed by atoms with Crippen molar-refractivity contribution in [3.05, 3.63) is 0 Å². The lowest BCUT2D eigenvalue weighted by molar-refractivity contribution is -0.119. The summed E-state index contributed by atoms with van der Waals surface area (Å²) in [6.45, 7) is 1.57. The van der Waals surface area contributed by atoms with E-state index >= 15 is 0 Å². The molecule has 5 rings (SSSR count). The third-order valence-corrected chi connectivity index (χ3v) is 6.89. The van der Waals surface area contributed by atoms with Gasteiger partial charge in [0.1, 0.15) is 0 Å². The zero-order valence-corrected chi connectivity index (χ0v) is 14.8. The van der Waals surface area contributed by atoms with Crippen molar-refractivity contribution >= 4 is 11.9 Å². The van der Waals surface area contributed by atoms with Gasteiger partial charge in [-0.15, -0.1) is 0 Å². The molecule has 3 amide bonds. The van der Waals surface area contributed by atoms with Crippen LogP contribution in [0.15, 0.2) is 0 Å². The Labute approximate surface area is 144 Å². The van der Waals surface area contributed by atoms with Gasteiger partial charge in [-0.05, 0) is 82.0 Å². The van der Waals surface area contributed by atoms with Crippen molar-refractivity contribution < 1.29 is 9.59 Å². The lowest BCUT2D eigenvalue weighted by atomic mass is 9.53. The van der Waals surface area contributed by atoms with E-state index in [0.29, 0.717) is 0 Å². The Bertz CT molecular complexity index is 475. The first-order valence-electron chi connectivity index (χ1n) is 9.85. The minimum atomic E-state index is 0.0416. The molecule has 5 fully saturated rings. The molecule has 5 aliphatic carbocycles. The van der Waals surface area contributed by atoms with E-state index in [4.69, 9.17) is 0 Å². The lowest BCUT2D eigenvalue weighted by Gasteiger charge is -2.56. The Morgan fingerprint density at radius 3 is 1.71 bits per heavy atom. The molecule has 0 unspecified atom stereocenters. The molecule has 5 saturated carbocycles. The van der Waals surface area contributed by atoms with Crippen LogP contribution >= 0.6 is 0 Å². The van der Waals surface area contributed by atoms with E-state index in [-0.39, 0.29) is 29.6 Å². The number of amides is 3. The van der Waals surface area contributed by atoms with Crippen molar-refractivity contribution in [3.63, 3.8) is 0 Å². The van der Waals surface area contributed by atoms with Gasteiger partial charge in [0.15, 0.2) is 0 Å². The number of rotatable bonds is 3. The molecule has 0 saturated heterocycles. The molecule has 5 nitrogen and oxygen atoms in total. The predicted molar refractivity (Wildman–Crippen MR) is 92.4 cm³/mol. The fourth-order valence-corrected chi connectivity index (χ4v) is 6.40. The van der Waals surface area contributed by atoms with Gasteiger partial charge in [0, 0.05) is 24.5 Å². The maximum atomic E-state index is 12.6. The van der Waals surface area contributed by atoms with Crippen LogP contribution in [0.4, 0.5) is 4.79 Å². The molecule has 0 aromatic heterocycles. The summed E-state index contributed by atoms with van der Waals surface area (Å²) in [5.41, 5.74) is 0.0895. The van der Waals surface area contributed by atoms with Crippen LogP contribution in [0.5, 0.6) is 0 Å². The first-order valence-corrected chi connectivity index (χ1v) is 9.85. The van der Waals surface area contributed by atoms with Gasteiger partial charge >= 0.3 is 6.03 Å². The third kappa shape index (κ3) is 3.40. The highest BCUT2D eigenvalue weighted by Crippen LogP contribution is 2.55. The van der Waals surface area contributed by atoms with Gasteiger partial charge in [0.25, 0.3) is 0 Å². The van der Waals surface area contributed by atoms with Crippen LogP contribution in [0.2, 0.25) is 0 Å². The number of nitrogens with one attached hydrogen (secondary N) is 3. The van der Waals surface area contributed by atoms with E-state index in [1.807, 2.05) is 0 Å². The van der Waals surface area contributed by atoms with Crippen molar-refractivity contribution in [2.75, 3.05) is 0 Å². The van der Waals surface area contributed by atoms with Crippen LogP contribution in [0.25, 0.3) is 0 Å². The standard InChI is InChI=1S/C19H31N3O2/c1-12(23)20-16-2-4-17(5-3-16)21-18(24)22-19-9-13-6-14(10-19)8-15(7-13)11-19/h13-17H,2-11H2,1H3,(H,20,23)(H2,21,22,24). The maximum Gasteiger partial charge on any atom is 0.315 e. The topological polar surface area (TPSA) is 70.2 Å². The first kappa shape index (κ1) is 16.2. The summed E-state index contributed by atoms with van der Waals surface area (Å²) in [6.07, 6.45) is 11.6. The molecule has 0 radical (unpaired) electrons. The molecule has 24 heavy (non-hydrogen) atoms. The molecule has 0 heterocycles. The largest absolute Gasteiger partial charge is 0.354 e. The molecule has 5 heteroatoms. The summed E-state index contributed by atoms with van der Waals surface area (Å²) in [5, 5.41) is 9.59. The predicted octanol–water partition coefficient (Wildman–Crippen LogP) is 2.70. The van der Waals surface area contributed by atoms with Crippen LogP contribution < -0.4 is 16.0 Å². The number of hydrogen-bond donors (Lipinski definition) is 3. The Morgan fingerprint density at radius 2 is 1.25 bits per heavy atom. The zero-order chi connectivity index (χ0) is 16.7. The molecule has 0 aromatic rings. The molecule has 4 bridgehead atoms. The van der Waals surface area contributed by atoms with Gasteiger partial charge in [-0.2, -0.15) is 0 Å². The van der Waals surface area contributed by atoms with Gasteiger partial charge in [-0.25, -0.2) is 4.79 Å². The molecule has 3 N–H and O–H groups in total. The molecule has 5 aliphatic rings. The SMILES string of the molecule is CC(=O)NC1CCC(NC(=O)NC23CC4CC(CC(C4)C2)C3)CC1. The van der Waals surface area contributed by atoms with E-state index in [0.717, 1.165) is 43.4 Å². The summed E-state index contributed by atoms with van der Waals surface area (Å²) in [4.78, 5) is 23.7. The molecular weight excluding hydrogens is 302 g/mol. The summed E-state index contributed by atoms with van der Waals surface area (Å²) in [7, 11) is 0. The molecule has 0 aromatic carbocycles. The fourth-order valence-electron chi connectivity index (χ4n) is 6.40. The summed E-state index contributed by atoms with van der Waals surface area (Å²) in [6, 6.07) is 0.579. The van der Waals surface area contributed by atoms with Gasteiger partial charge in [-0.1, -0.05) is 0 Å². The second-order valence-electron chi connectivity index (χ2n) is 9.05. The van der Waals surface area contributed by atoms with Gasteiger partial charge in [0.05, 0.1) is 0 Å². The number of urea groups is 1. The molecular formula is C19H31N3O2. The van der Waals surface area contributed by atoms with E-state index in [1.54, 1.807) is 6.92 Å². The summed E-state index contributed by atoms with van der Waals surface area (Å²) >= 11 is 0. The van der Waals surface area contributed by atoms with Gasteiger partial charge in [-0.3, -0.25) is 4.79 Å². The second kappa shape index (κ2) is 6.23. The average Bonchev–Trinajstić information content (AvgIpc) is 2.46. The Morgan fingerprint density at radius 1 is 0.792 bits per heavy atom. The number of carbonyl (C=O) groups is 2. The Balaban J connectivity index is 1.26. The van der Waals surface area contributed by atoms with Crippen LogP contribution in [0, 0.1) is 17.8 Å². The van der Waals surface area contributed by atoms with Crippen molar-refractivity contribution in [1.29, 1.82) is 0 Å². The highest BCUT2D eigenvalue weighted by atomic mass is 16.2. The minimum absolute atomic E-state index is 0.0416. The Kier molecular flexibility index (Phi) is 4.21. The van der Waals surface area contributed by atoms with Crippen LogP contribution in [0.3, 0.4) is 0 Å². The molecule has 0 aliphatic heterocycles. The van der Waals surface area contributed by atoms with E-state index < -0.39 is 0 Å². The van der Waals surface area contributed by atoms with Crippen molar-refractivity contribution in [2.24, 2.45) is 17.8 Å². The third-order valence-electron chi connectivity index (χ3n) is 6.89. The molecule has 0 spiro atoms. The average molecular weight is 333 g/mol. The fraction of sp³-hybridized carbons (Fsp3) is 0.895. The summed E-state index contributed by atoms with van der Waals surface area (Å²) in [5.74, 6) is 2.60. The van der Waals surface area contributed by atoms with Crippen LogP contribution in [-0.2, 0) is 4.79 Å². The van der Waals surface area contributed by atoms with Crippen molar-refractivity contribution in [1.82, 2.24) is 16.0 Å². The van der Waals surface area contributed by atoms with Crippen molar-refractivity contribution in [3.8, 4) is 0 Å². The highest BCUT2D eigenvalue weighted by molar-refractivity contribution is 5.75. The molecule has 134 valence electrons. The number of carbonyl (C=O) groups excluding carboxylic acids is 2. The van der Waals surface area contributed by atoms with E-state index in [2.05, 4.69) is 16.0 Å². The van der Waals surface area contributed by atoms with Crippen LogP contribution in [-0.4, -0.2) is 29.6 Å². The van der Waals surface area contributed by atoms with Crippen molar-refractivity contribution in [2.45, 2.75) is 88.8 Å². The second-order valence-corrected chi connectivity index (χ2v) is 9.05. The lowest BCUT2D eigenvalue weighted by Crippen LogP contribution is -2.62. The van der Waals surface area contributed by atoms with Crippen LogP contribution in [0.1, 0.15) is 71.1 Å². The maximum absolute atomic E-state index is 12.6. The van der Waals surface area contributed by atoms with E-state index in [9.17, 15) is 9.59 Å². The monoisotopic (exact) mass is 333 g/mol. The number of hydrogen-bond acceptors (Lipinski definition) is 2. The van der Waals surface area contributed by atoms with Gasteiger partial charge < -0.3 is 16.0 Å². The first-order chi connectivity index (χ1) is 11.5.